The number of rotatable bonds is 5. The third kappa shape index (κ3) is 4.36. The van der Waals surface area contributed by atoms with Crippen molar-refractivity contribution in [3.8, 4) is 0 Å². The van der Waals surface area contributed by atoms with Crippen LogP contribution in [0.3, 0.4) is 0 Å². The van der Waals surface area contributed by atoms with E-state index in [4.69, 9.17) is 0 Å². The zero-order valence-corrected chi connectivity index (χ0v) is 8.72. The number of halogens is 3. The van der Waals surface area contributed by atoms with Crippen LogP contribution in [0, 0.1) is 0 Å². The molecule has 86 valence electrons. The molecule has 0 saturated carbocycles. The summed E-state index contributed by atoms with van der Waals surface area (Å²) in [4.78, 5) is 4.10. The fourth-order valence-corrected chi connectivity index (χ4v) is 1.45. The van der Waals surface area contributed by atoms with E-state index in [0.717, 1.165) is 18.7 Å². The molecular weight excluding hydrogens is 205 g/mol. The van der Waals surface area contributed by atoms with Crippen molar-refractivity contribution in [3.63, 3.8) is 0 Å². The van der Waals surface area contributed by atoms with Gasteiger partial charge in [0, 0.05) is 31.8 Å². The monoisotopic (exact) mass is 220 g/mol. The molecule has 0 aliphatic carbocycles. The van der Waals surface area contributed by atoms with Crippen molar-refractivity contribution in [2.75, 3.05) is 0 Å². The van der Waals surface area contributed by atoms with E-state index in [2.05, 4.69) is 4.98 Å². The van der Waals surface area contributed by atoms with E-state index in [1.807, 2.05) is 6.92 Å². The topological polar surface area (TPSA) is 17.8 Å². The molecular formula is C10H15F3N2. The van der Waals surface area contributed by atoms with Crippen LogP contribution in [0.2, 0.25) is 0 Å². The summed E-state index contributed by atoms with van der Waals surface area (Å²) in [5.74, 6) is 0.875. The van der Waals surface area contributed by atoms with Gasteiger partial charge in [0.15, 0.2) is 0 Å². The van der Waals surface area contributed by atoms with Crippen molar-refractivity contribution in [3.05, 3.63) is 18.2 Å². The molecule has 0 saturated heterocycles. The smallest absolute Gasteiger partial charge is 0.335 e. The number of imidazole rings is 1. The molecule has 0 bridgehead atoms. The highest BCUT2D eigenvalue weighted by Crippen LogP contribution is 2.21. The lowest BCUT2D eigenvalue weighted by molar-refractivity contribution is -0.135. The van der Waals surface area contributed by atoms with Crippen LogP contribution in [0.5, 0.6) is 0 Å². The van der Waals surface area contributed by atoms with Crippen molar-refractivity contribution >= 4 is 0 Å². The van der Waals surface area contributed by atoms with E-state index < -0.39 is 12.6 Å². The van der Waals surface area contributed by atoms with E-state index in [1.165, 1.54) is 0 Å². The number of aromatic nitrogens is 2. The van der Waals surface area contributed by atoms with Crippen LogP contribution in [0.15, 0.2) is 12.4 Å². The van der Waals surface area contributed by atoms with Gasteiger partial charge in [0.2, 0.25) is 0 Å². The zero-order valence-electron chi connectivity index (χ0n) is 8.72. The van der Waals surface area contributed by atoms with Crippen LogP contribution in [0.25, 0.3) is 0 Å². The van der Waals surface area contributed by atoms with Crippen molar-refractivity contribution < 1.29 is 13.2 Å². The predicted molar refractivity (Wildman–Crippen MR) is 51.5 cm³/mol. The largest absolute Gasteiger partial charge is 0.389 e. The van der Waals surface area contributed by atoms with E-state index in [1.54, 1.807) is 17.0 Å². The molecule has 0 unspecified atom stereocenters. The molecule has 0 aliphatic heterocycles. The fraction of sp³-hybridized carbons (Fsp3) is 0.700. The third-order valence-corrected chi connectivity index (χ3v) is 2.13. The van der Waals surface area contributed by atoms with Gasteiger partial charge >= 0.3 is 6.18 Å². The molecule has 0 N–H and O–H groups in total. The van der Waals surface area contributed by atoms with E-state index >= 15 is 0 Å². The molecule has 1 rings (SSSR count). The second kappa shape index (κ2) is 5.19. The third-order valence-electron chi connectivity index (χ3n) is 2.13. The molecule has 2 nitrogen and oxygen atoms in total. The summed E-state index contributed by atoms with van der Waals surface area (Å²) in [7, 11) is 0. The molecule has 0 fully saturated rings. The molecule has 1 aromatic rings. The average Bonchev–Trinajstić information content (AvgIpc) is 2.51. The van der Waals surface area contributed by atoms with E-state index in [9.17, 15) is 13.2 Å². The Hall–Kier alpha value is -1.00. The second-order valence-electron chi connectivity index (χ2n) is 3.51. The van der Waals surface area contributed by atoms with Crippen LogP contribution in [0.1, 0.15) is 32.0 Å². The highest BCUT2D eigenvalue weighted by atomic mass is 19.4. The minimum atomic E-state index is -4.05. The van der Waals surface area contributed by atoms with Gasteiger partial charge in [0.25, 0.3) is 0 Å². The Morgan fingerprint density at radius 1 is 1.40 bits per heavy atom. The number of aryl methyl sites for hydroxylation is 2. The predicted octanol–water partition coefficient (Wildman–Crippen LogP) is 3.18. The Labute approximate surface area is 87.1 Å². The molecule has 0 spiro atoms. The first kappa shape index (κ1) is 12.1. The van der Waals surface area contributed by atoms with Gasteiger partial charge in [-0.2, -0.15) is 13.2 Å². The summed E-state index contributed by atoms with van der Waals surface area (Å²) < 4.78 is 37.5. The Kier molecular flexibility index (Phi) is 4.17. The van der Waals surface area contributed by atoms with Gasteiger partial charge in [-0.1, -0.05) is 6.92 Å². The van der Waals surface area contributed by atoms with Crippen LogP contribution in [0.4, 0.5) is 13.2 Å². The van der Waals surface area contributed by atoms with Gasteiger partial charge < -0.3 is 4.57 Å². The Balaban J connectivity index is 2.40. The molecule has 0 atom stereocenters. The molecule has 0 aliphatic rings. The Morgan fingerprint density at radius 2 is 2.13 bits per heavy atom. The number of hydrogen-bond acceptors (Lipinski definition) is 1. The fourth-order valence-electron chi connectivity index (χ4n) is 1.45. The lowest BCUT2D eigenvalue weighted by Gasteiger charge is -2.08. The lowest BCUT2D eigenvalue weighted by atomic mass is 10.3. The Bertz CT molecular complexity index is 291. The van der Waals surface area contributed by atoms with Crippen molar-refractivity contribution in [1.82, 2.24) is 9.55 Å². The second-order valence-corrected chi connectivity index (χ2v) is 3.51. The van der Waals surface area contributed by atoms with Crippen molar-refractivity contribution in [2.45, 2.75) is 45.3 Å². The van der Waals surface area contributed by atoms with Crippen molar-refractivity contribution in [2.24, 2.45) is 0 Å². The quantitative estimate of drug-likeness (QED) is 0.745. The van der Waals surface area contributed by atoms with Crippen LogP contribution < -0.4 is 0 Å². The number of hydrogen-bond donors (Lipinski definition) is 0. The van der Waals surface area contributed by atoms with Gasteiger partial charge in [-0.3, -0.25) is 0 Å². The maximum atomic E-state index is 11.9. The number of alkyl halides is 3. The van der Waals surface area contributed by atoms with Gasteiger partial charge in [-0.15, -0.1) is 0 Å². The summed E-state index contributed by atoms with van der Waals surface area (Å²) in [6, 6.07) is 0. The van der Waals surface area contributed by atoms with Gasteiger partial charge in [0.1, 0.15) is 5.82 Å². The van der Waals surface area contributed by atoms with Crippen LogP contribution in [-0.4, -0.2) is 15.7 Å². The molecule has 15 heavy (non-hydrogen) atoms. The van der Waals surface area contributed by atoms with Crippen LogP contribution in [-0.2, 0) is 13.0 Å². The standard InChI is InChI=1S/C10H15F3N2/c1-2-4-9-14-6-8-15(9)7-3-5-10(11,12)13/h6,8H,2-5,7H2,1H3. The maximum absolute atomic E-state index is 11.9. The highest BCUT2D eigenvalue weighted by molar-refractivity contribution is 4.92. The first-order chi connectivity index (χ1) is 7.03. The minimum absolute atomic E-state index is 0.122. The van der Waals surface area contributed by atoms with Crippen molar-refractivity contribution in [1.29, 1.82) is 0 Å². The van der Waals surface area contributed by atoms with Gasteiger partial charge in [-0.05, 0) is 12.8 Å². The molecule has 0 aromatic carbocycles. The summed E-state index contributed by atoms with van der Waals surface area (Å²) in [5.41, 5.74) is 0. The lowest BCUT2D eigenvalue weighted by Crippen LogP contribution is -2.10. The first-order valence-electron chi connectivity index (χ1n) is 5.09. The normalized spacial score (nSPS) is 12.0. The molecule has 5 heteroatoms. The average molecular weight is 220 g/mol. The first-order valence-corrected chi connectivity index (χ1v) is 5.09. The summed E-state index contributed by atoms with van der Waals surface area (Å²) >= 11 is 0. The summed E-state index contributed by atoms with van der Waals surface area (Å²) in [6.07, 6.45) is 0.494. The molecule has 0 radical (unpaired) electrons. The SMILES string of the molecule is CCCc1nccn1CCCC(F)(F)F. The Morgan fingerprint density at radius 3 is 2.73 bits per heavy atom. The number of nitrogens with zero attached hydrogens (tertiary/aromatic N) is 2. The minimum Gasteiger partial charge on any atom is -0.335 e. The van der Waals surface area contributed by atoms with Gasteiger partial charge in [0.05, 0.1) is 0 Å². The summed E-state index contributed by atoms with van der Waals surface area (Å²) in [5, 5.41) is 0. The maximum Gasteiger partial charge on any atom is 0.389 e. The molecule has 1 heterocycles. The van der Waals surface area contributed by atoms with Crippen LogP contribution >= 0.6 is 0 Å². The van der Waals surface area contributed by atoms with E-state index in [0.29, 0.717) is 6.54 Å². The zero-order chi connectivity index (χ0) is 11.3. The van der Waals surface area contributed by atoms with E-state index in [-0.39, 0.29) is 6.42 Å². The molecule has 0 amide bonds. The highest BCUT2D eigenvalue weighted by Gasteiger charge is 2.26. The molecule has 1 aromatic heterocycles. The van der Waals surface area contributed by atoms with Gasteiger partial charge in [-0.25, -0.2) is 4.98 Å². The summed E-state index contributed by atoms with van der Waals surface area (Å²) in [6.45, 7) is 2.42.